The zero-order valence-corrected chi connectivity index (χ0v) is 12.3. The number of nitrogens with zero attached hydrogens (tertiary/aromatic N) is 2. The summed E-state index contributed by atoms with van der Waals surface area (Å²) < 4.78 is 0. The highest BCUT2D eigenvalue weighted by Gasteiger charge is 2.15. The van der Waals surface area contributed by atoms with Crippen LogP contribution >= 0.6 is 11.3 Å². The molecule has 2 aromatic heterocycles. The van der Waals surface area contributed by atoms with Gasteiger partial charge in [-0.1, -0.05) is 24.3 Å². The standard InChI is InChI=1S/C16H16N2OS/c1-10-11(2)20-16(18-10)7-15(19)14-9-17-8-12-5-3-4-6-13(12)14/h3-6,8-9,15,19H,7H2,1-2H3. The van der Waals surface area contributed by atoms with Gasteiger partial charge in [0.15, 0.2) is 0 Å². The first-order chi connectivity index (χ1) is 9.65. The molecule has 0 radical (unpaired) electrons. The third-order valence-corrected chi connectivity index (χ3v) is 4.59. The number of thiazole rings is 1. The molecule has 20 heavy (non-hydrogen) atoms. The van der Waals surface area contributed by atoms with Gasteiger partial charge in [-0.2, -0.15) is 0 Å². The van der Waals surface area contributed by atoms with E-state index in [1.807, 2.05) is 37.4 Å². The maximum Gasteiger partial charge on any atom is 0.0960 e. The van der Waals surface area contributed by atoms with Crippen LogP contribution in [0.15, 0.2) is 36.7 Å². The molecular weight excluding hydrogens is 268 g/mol. The number of aliphatic hydroxyl groups excluding tert-OH is 1. The Balaban J connectivity index is 1.94. The summed E-state index contributed by atoms with van der Waals surface area (Å²) in [5.74, 6) is 0. The van der Waals surface area contributed by atoms with Crippen LogP contribution in [-0.4, -0.2) is 15.1 Å². The summed E-state index contributed by atoms with van der Waals surface area (Å²) in [4.78, 5) is 9.93. The van der Waals surface area contributed by atoms with Crippen molar-refractivity contribution >= 4 is 22.1 Å². The maximum atomic E-state index is 10.5. The van der Waals surface area contributed by atoms with Crippen molar-refractivity contribution in [2.75, 3.05) is 0 Å². The number of hydrogen-bond donors (Lipinski definition) is 1. The molecule has 4 heteroatoms. The van der Waals surface area contributed by atoms with Crippen LogP contribution in [0.25, 0.3) is 10.8 Å². The van der Waals surface area contributed by atoms with Gasteiger partial charge in [0.2, 0.25) is 0 Å². The molecule has 1 N–H and O–H groups in total. The summed E-state index contributed by atoms with van der Waals surface area (Å²) in [7, 11) is 0. The van der Waals surface area contributed by atoms with Crippen LogP contribution in [0.5, 0.6) is 0 Å². The fraction of sp³-hybridized carbons (Fsp3) is 0.250. The van der Waals surface area contributed by atoms with Crippen LogP contribution in [0, 0.1) is 13.8 Å². The molecule has 0 saturated heterocycles. The van der Waals surface area contributed by atoms with Crippen LogP contribution < -0.4 is 0 Å². The van der Waals surface area contributed by atoms with Gasteiger partial charge >= 0.3 is 0 Å². The summed E-state index contributed by atoms with van der Waals surface area (Å²) in [6.45, 7) is 4.06. The number of aliphatic hydroxyl groups is 1. The zero-order chi connectivity index (χ0) is 14.1. The van der Waals surface area contributed by atoms with E-state index in [-0.39, 0.29) is 0 Å². The van der Waals surface area contributed by atoms with Crippen molar-refractivity contribution < 1.29 is 5.11 Å². The topological polar surface area (TPSA) is 46.0 Å². The first kappa shape index (κ1) is 13.2. The Hall–Kier alpha value is -1.78. The molecule has 0 aliphatic carbocycles. The summed E-state index contributed by atoms with van der Waals surface area (Å²) in [5.41, 5.74) is 1.92. The number of fused-ring (bicyclic) bond motifs is 1. The Bertz CT molecular complexity index is 726. The predicted molar refractivity (Wildman–Crippen MR) is 82.0 cm³/mol. The van der Waals surface area contributed by atoms with Crippen molar-refractivity contribution in [1.29, 1.82) is 0 Å². The molecule has 2 heterocycles. The van der Waals surface area contributed by atoms with Crippen molar-refractivity contribution in [1.82, 2.24) is 9.97 Å². The molecule has 1 atom stereocenters. The summed E-state index contributed by atoms with van der Waals surface area (Å²) in [6.07, 6.45) is 3.54. The van der Waals surface area contributed by atoms with Crippen molar-refractivity contribution in [3.8, 4) is 0 Å². The minimum absolute atomic E-state index is 0.537. The minimum atomic E-state index is -0.571. The number of benzene rings is 1. The van der Waals surface area contributed by atoms with Gasteiger partial charge in [0, 0.05) is 34.6 Å². The lowest BCUT2D eigenvalue weighted by Gasteiger charge is -2.11. The van der Waals surface area contributed by atoms with Crippen LogP contribution in [0.1, 0.15) is 27.2 Å². The van der Waals surface area contributed by atoms with Gasteiger partial charge in [-0.25, -0.2) is 4.98 Å². The molecule has 0 saturated carbocycles. The van der Waals surface area contributed by atoms with E-state index in [0.717, 1.165) is 27.0 Å². The molecule has 0 fully saturated rings. The van der Waals surface area contributed by atoms with E-state index >= 15 is 0 Å². The molecule has 102 valence electrons. The van der Waals surface area contributed by atoms with Crippen molar-refractivity contribution in [2.45, 2.75) is 26.4 Å². The van der Waals surface area contributed by atoms with E-state index in [0.29, 0.717) is 6.42 Å². The van der Waals surface area contributed by atoms with Crippen LogP contribution in [-0.2, 0) is 6.42 Å². The third-order valence-electron chi connectivity index (χ3n) is 3.50. The second kappa shape index (κ2) is 5.31. The van der Waals surface area contributed by atoms with Crippen molar-refractivity contribution in [3.05, 3.63) is 57.8 Å². The molecule has 1 aromatic carbocycles. The second-order valence-corrected chi connectivity index (χ2v) is 6.21. The quantitative estimate of drug-likeness (QED) is 0.799. The molecular formula is C16H16N2OS. The van der Waals surface area contributed by atoms with Crippen LogP contribution in [0.2, 0.25) is 0 Å². The molecule has 3 aromatic rings. The lowest BCUT2D eigenvalue weighted by Crippen LogP contribution is -2.03. The average Bonchev–Trinajstić information content (AvgIpc) is 2.76. The number of aromatic nitrogens is 2. The van der Waals surface area contributed by atoms with Gasteiger partial charge in [-0.05, 0) is 19.2 Å². The summed E-state index contributed by atoms with van der Waals surface area (Å²) in [5, 5.41) is 13.6. The molecule has 0 aliphatic heterocycles. The van der Waals surface area contributed by atoms with Crippen molar-refractivity contribution in [2.24, 2.45) is 0 Å². The Labute approximate surface area is 122 Å². The number of hydrogen-bond acceptors (Lipinski definition) is 4. The molecule has 0 spiro atoms. The number of pyridine rings is 1. The Morgan fingerprint density at radius 1 is 1.20 bits per heavy atom. The van der Waals surface area contributed by atoms with Gasteiger partial charge < -0.3 is 5.11 Å². The average molecular weight is 284 g/mol. The van der Waals surface area contributed by atoms with Crippen LogP contribution in [0.3, 0.4) is 0 Å². The SMILES string of the molecule is Cc1nc(CC(O)c2cncc3ccccc23)sc1C. The van der Waals surface area contributed by atoms with Gasteiger partial charge in [0.25, 0.3) is 0 Å². The first-order valence-corrected chi connectivity index (χ1v) is 7.40. The zero-order valence-electron chi connectivity index (χ0n) is 11.5. The lowest BCUT2D eigenvalue weighted by molar-refractivity contribution is 0.179. The monoisotopic (exact) mass is 284 g/mol. The smallest absolute Gasteiger partial charge is 0.0960 e. The Morgan fingerprint density at radius 3 is 2.75 bits per heavy atom. The molecule has 3 nitrogen and oxygen atoms in total. The summed E-state index contributed by atoms with van der Waals surface area (Å²) >= 11 is 1.65. The highest BCUT2D eigenvalue weighted by atomic mass is 32.1. The lowest BCUT2D eigenvalue weighted by atomic mass is 10.0. The first-order valence-electron chi connectivity index (χ1n) is 6.59. The van der Waals surface area contributed by atoms with E-state index in [1.54, 1.807) is 17.5 Å². The van der Waals surface area contributed by atoms with E-state index in [2.05, 4.69) is 16.9 Å². The number of rotatable bonds is 3. The Morgan fingerprint density at radius 2 is 2.00 bits per heavy atom. The van der Waals surface area contributed by atoms with Gasteiger partial charge in [-0.15, -0.1) is 11.3 Å². The number of aryl methyl sites for hydroxylation is 2. The normalized spacial score (nSPS) is 12.8. The summed E-state index contributed by atoms with van der Waals surface area (Å²) in [6, 6.07) is 7.99. The molecule has 1 unspecified atom stereocenters. The highest BCUT2D eigenvalue weighted by Crippen LogP contribution is 2.27. The molecule has 0 amide bonds. The molecule has 0 bridgehead atoms. The fourth-order valence-electron chi connectivity index (χ4n) is 2.31. The van der Waals surface area contributed by atoms with Gasteiger partial charge in [-0.3, -0.25) is 4.98 Å². The largest absolute Gasteiger partial charge is 0.388 e. The minimum Gasteiger partial charge on any atom is -0.388 e. The van der Waals surface area contributed by atoms with Crippen LogP contribution in [0.4, 0.5) is 0 Å². The third kappa shape index (κ3) is 2.44. The molecule has 0 aliphatic rings. The van der Waals surface area contributed by atoms with Crippen molar-refractivity contribution in [3.63, 3.8) is 0 Å². The predicted octanol–water partition coefficient (Wildman–Crippen LogP) is 3.58. The van der Waals surface area contributed by atoms with Gasteiger partial charge in [0.1, 0.15) is 0 Å². The maximum absolute atomic E-state index is 10.5. The van der Waals surface area contributed by atoms with E-state index < -0.39 is 6.10 Å². The fourth-order valence-corrected chi connectivity index (χ4v) is 3.28. The Kier molecular flexibility index (Phi) is 3.51. The van der Waals surface area contributed by atoms with Gasteiger partial charge in [0.05, 0.1) is 16.8 Å². The molecule has 3 rings (SSSR count). The van der Waals surface area contributed by atoms with E-state index in [9.17, 15) is 5.11 Å². The highest BCUT2D eigenvalue weighted by molar-refractivity contribution is 7.11. The van der Waals surface area contributed by atoms with E-state index in [1.165, 1.54) is 4.88 Å². The second-order valence-electron chi connectivity index (χ2n) is 4.92. The van der Waals surface area contributed by atoms with E-state index in [4.69, 9.17) is 0 Å².